The molecule has 144 heavy (non-hydrogen) atoms. The van der Waals surface area contributed by atoms with Crippen LogP contribution >= 0.6 is 46.4 Å². The van der Waals surface area contributed by atoms with Gasteiger partial charge in [-0.2, -0.15) is 0 Å². The highest BCUT2D eigenvalue weighted by Crippen LogP contribution is 2.35. The molecule has 0 aliphatic heterocycles. The van der Waals surface area contributed by atoms with Gasteiger partial charge in [0, 0.05) is 96.1 Å². The van der Waals surface area contributed by atoms with Crippen molar-refractivity contribution >= 4 is 46.4 Å². The summed E-state index contributed by atoms with van der Waals surface area (Å²) in [6.07, 6.45) is 5.24. The van der Waals surface area contributed by atoms with E-state index in [0.717, 1.165) is 24.8 Å². The van der Waals surface area contributed by atoms with Crippen LogP contribution in [0.15, 0.2) is 214 Å². The van der Waals surface area contributed by atoms with Crippen LogP contribution in [0.2, 0.25) is 20.1 Å². The first kappa shape index (κ1) is 106. The summed E-state index contributed by atoms with van der Waals surface area (Å²) in [6, 6.07) is 35.3. The number of aliphatic hydroxyl groups is 8. The van der Waals surface area contributed by atoms with E-state index >= 15 is 0 Å². The molecule has 44 heteroatoms. The Balaban J connectivity index is 0.000000161. The monoisotopic (exact) mass is 2060 g/mol. The molecule has 0 spiro atoms. The third-order valence-electron chi connectivity index (χ3n) is 21.6. The molecule has 16 rings (SSSR count). The van der Waals surface area contributed by atoms with Crippen LogP contribution in [0.3, 0.4) is 0 Å². The largest absolute Gasteiger partial charge is 0.485 e. The Kier molecular flexibility index (Phi) is 35.0. The van der Waals surface area contributed by atoms with Gasteiger partial charge in [0.25, 0.3) is 22.2 Å². The summed E-state index contributed by atoms with van der Waals surface area (Å²) in [5, 5.41) is 75.5. The van der Waals surface area contributed by atoms with Gasteiger partial charge in [-0.1, -0.05) is 70.7 Å². The molecule has 16 heterocycles. The first-order chi connectivity index (χ1) is 68.8. The van der Waals surface area contributed by atoms with Crippen molar-refractivity contribution in [2.24, 2.45) is 0 Å². The number of rotatable bonds is 28. The summed E-state index contributed by atoms with van der Waals surface area (Å²) < 4.78 is 136. The minimum atomic E-state index is -1.13. The van der Waals surface area contributed by atoms with E-state index < -0.39 is 120 Å². The van der Waals surface area contributed by atoms with Gasteiger partial charge in [0.1, 0.15) is 140 Å². The van der Waals surface area contributed by atoms with Crippen LogP contribution in [0, 0.1) is 102 Å². The van der Waals surface area contributed by atoms with Crippen molar-refractivity contribution in [1.82, 2.24) is 78.1 Å². The van der Waals surface area contributed by atoms with Crippen molar-refractivity contribution < 1.29 is 94.9 Å². The van der Waals surface area contributed by atoms with Gasteiger partial charge < -0.3 is 59.8 Å². The number of hydrogen-bond donors (Lipinski definition) is 8. The van der Waals surface area contributed by atoms with Crippen LogP contribution < -0.4 is 41.2 Å². The van der Waals surface area contributed by atoms with Crippen molar-refractivity contribution in [3.63, 3.8) is 0 Å². The van der Waals surface area contributed by atoms with Crippen molar-refractivity contribution in [3.05, 3.63) is 394 Å². The van der Waals surface area contributed by atoms with Crippen LogP contribution in [0.1, 0.15) is 115 Å². The predicted molar refractivity (Wildman–Crippen MR) is 512 cm³/mol. The number of nitrogens with zero attached hydrogens (tertiary/aromatic N) is 16. The lowest BCUT2D eigenvalue weighted by Gasteiger charge is -2.17. The normalized spacial score (nSPS) is 12.0. The lowest BCUT2D eigenvalue weighted by atomic mass is 10.1. The molecule has 8 N–H and O–H groups in total. The Hall–Kier alpha value is -14.9. The van der Waals surface area contributed by atoms with Gasteiger partial charge in [0.15, 0.2) is 23.3 Å². The summed E-state index contributed by atoms with van der Waals surface area (Å²) >= 11 is 25.3. The second-order valence-electron chi connectivity index (χ2n) is 31.9. The van der Waals surface area contributed by atoms with Gasteiger partial charge in [-0.15, -0.1) is 0 Å². The zero-order valence-electron chi connectivity index (χ0n) is 77.0. The van der Waals surface area contributed by atoms with Crippen LogP contribution in [0.4, 0.5) is 35.1 Å². The van der Waals surface area contributed by atoms with Gasteiger partial charge in [-0.3, -0.25) is 77.3 Å². The Morgan fingerprint density at radius 1 is 0.278 bits per heavy atom. The van der Waals surface area contributed by atoms with E-state index in [1.807, 2.05) is 0 Å². The van der Waals surface area contributed by atoms with E-state index in [1.165, 1.54) is 42.5 Å². The topological polar surface area (TPSA) is 441 Å². The highest BCUT2D eigenvalue weighted by molar-refractivity contribution is 6.33. The van der Waals surface area contributed by atoms with E-state index in [0.29, 0.717) is 138 Å². The summed E-state index contributed by atoms with van der Waals surface area (Å²) in [6.45, 7) is 10.5. The second-order valence-corrected chi connectivity index (χ2v) is 33.4. The van der Waals surface area contributed by atoms with Crippen molar-refractivity contribution in [2.45, 2.75) is 106 Å². The average Bonchev–Trinajstić information content (AvgIpc) is 0.783. The second kappa shape index (κ2) is 47.3. The lowest BCUT2D eigenvalue weighted by Crippen LogP contribution is -2.23. The zero-order valence-corrected chi connectivity index (χ0v) is 80.0. The fourth-order valence-electron chi connectivity index (χ4n) is 14.2. The molecule has 32 nitrogen and oxygen atoms in total. The third-order valence-corrected chi connectivity index (χ3v) is 23.0. The Morgan fingerprint density at radius 2 is 0.472 bits per heavy atom. The molecule has 0 bridgehead atoms. The number of aromatic nitrogens is 16. The molecule has 16 aromatic rings. The number of pyridine rings is 16. The summed E-state index contributed by atoms with van der Waals surface area (Å²) in [5.74, 6) is -6.64. The first-order valence-corrected chi connectivity index (χ1v) is 44.6. The first-order valence-electron chi connectivity index (χ1n) is 43.1. The third kappa shape index (κ3) is 24.9. The maximum absolute atomic E-state index is 13.9. The van der Waals surface area contributed by atoms with Crippen molar-refractivity contribution in [1.29, 1.82) is 0 Å². The molecule has 0 radical (unpaired) electrons. The molecule has 0 saturated carbocycles. The van der Waals surface area contributed by atoms with Gasteiger partial charge in [-0.05, 0) is 150 Å². The maximum atomic E-state index is 13.9. The molecule has 0 unspecified atom stereocenters. The standard InChI is InChI=1S/4C25H21ClF2N4O4/c4*1-13-9-29-19(17-4-3-5-18(31-17)22(34)11-33)8-21(13)32-14(2)6-23(24(26)25(32)35)36-12-20-16(28)7-15(27)10-30-20/h4*3-10,22,33-34H,11-12H2,1-2H3/t4*22-/m1100/s1. The lowest BCUT2D eigenvalue weighted by molar-refractivity contribution is 0.0923. The molecule has 4 atom stereocenters. The number of aliphatic hydroxyl groups excluding tert-OH is 8. The highest BCUT2D eigenvalue weighted by atomic mass is 35.5. The molecule has 0 aliphatic rings. The molecule has 0 aliphatic carbocycles. The number of ether oxygens (including phenoxy) is 4. The minimum absolute atomic E-state index is 0.0280. The molecule has 0 saturated heterocycles. The van der Waals surface area contributed by atoms with Crippen LogP contribution in [0.5, 0.6) is 23.0 Å². The number of aryl methyl sites for hydroxylation is 8. The molecule has 0 amide bonds. The van der Waals surface area contributed by atoms with Crippen molar-refractivity contribution in [2.75, 3.05) is 26.4 Å². The van der Waals surface area contributed by atoms with E-state index in [-0.39, 0.29) is 115 Å². The van der Waals surface area contributed by atoms with Gasteiger partial charge in [0.05, 0.1) is 142 Å². The fraction of sp³-hybridized carbons (Fsp3) is 0.200. The Bertz CT molecular complexity index is 6880. The molecule has 0 fully saturated rings. The quantitative estimate of drug-likeness (QED) is 0.0211. The smallest absolute Gasteiger partial charge is 0.277 e. The van der Waals surface area contributed by atoms with E-state index in [4.69, 9.17) is 65.4 Å². The molecule has 16 aromatic heterocycles. The molecule has 0 aromatic carbocycles. The summed E-state index contributed by atoms with van der Waals surface area (Å²) in [4.78, 5) is 103. The van der Waals surface area contributed by atoms with E-state index in [9.17, 15) is 95.2 Å². The van der Waals surface area contributed by atoms with Crippen LogP contribution in [-0.4, -0.2) is 145 Å². The number of halogens is 12. The van der Waals surface area contributed by atoms with Gasteiger partial charge in [0.2, 0.25) is 0 Å². The molecule has 744 valence electrons. The van der Waals surface area contributed by atoms with E-state index in [1.54, 1.807) is 177 Å². The zero-order chi connectivity index (χ0) is 104. The molecular weight excluding hydrogens is 1970 g/mol. The Labute approximate surface area is 832 Å². The summed E-state index contributed by atoms with van der Waals surface area (Å²) in [7, 11) is 0. The summed E-state index contributed by atoms with van der Waals surface area (Å²) in [5.41, 5.74) is 8.39. The van der Waals surface area contributed by atoms with Crippen LogP contribution in [-0.2, 0) is 26.4 Å². The maximum Gasteiger partial charge on any atom is 0.277 e. The average molecular weight is 2060 g/mol. The molecular formula is C100H84Cl4F8N16O16. The van der Waals surface area contributed by atoms with E-state index in [2.05, 4.69) is 59.8 Å². The highest BCUT2D eigenvalue weighted by Gasteiger charge is 2.27. The number of hydrogen-bond acceptors (Lipinski definition) is 28. The minimum Gasteiger partial charge on any atom is -0.485 e. The van der Waals surface area contributed by atoms with Crippen LogP contribution in [0.25, 0.3) is 68.3 Å². The Morgan fingerprint density at radius 3 is 0.653 bits per heavy atom. The van der Waals surface area contributed by atoms with Gasteiger partial charge >= 0.3 is 0 Å². The SMILES string of the molecule is Cc1cnc(-c2cccc([C@@H](O)CO)n2)cc1-n1c(C)cc(OCc2ncc(F)cc2F)c(Cl)c1=O.Cc1cnc(-c2cccc([C@@H](O)CO)n2)cc1-n1c(C)cc(OCc2ncc(F)cc2F)c(Cl)c1=O.Cc1cnc(-c2cccc([C@H](O)CO)n2)cc1-n1c(C)cc(OCc2ncc(F)cc2F)c(Cl)c1=O.Cc1cnc(-c2cccc([C@H](O)CO)n2)cc1-n1c(C)cc(OCc2ncc(F)cc2F)c(Cl)c1=O. The predicted octanol–water partition coefficient (Wildman–Crippen LogP) is 15.4. The van der Waals surface area contributed by atoms with Crippen molar-refractivity contribution in [3.8, 4) is 91.3 Å². The van der Waals surface area contributed by atoms with Gasteiger partial charge in [-0.25, -0.2) is 55.1 Å². The fourth-order valence-corrected chi connectivity index (χ4v) is 15.0.